The van der Waals surface area contributed by atoms with Crippen molar-refractivity contribution in [3.05, 3.63) is 29.6 Å². The number of aromatic nitrogens is 1. The molecule has 1 aliphatic carbocycles. The second kappa shape index (κ2) is 5.16. The number of pyridine rings is 1. The Morgan fingerprint density at radius 3 is 2.61 bits per heavy atom. The van der Waals surface area contributed by atoms with E-state index < -0.39 is 5.97 Å². The number of amides is 1. The molecule has 5 nitrogen and oxygen atoms in total. The van der Waals surface area contributed by atoms with E-state index in [1.54, 1.807) is 11.9 Å². The van der Waals surface area contributed by atoms with Crippen molar-refractivity contribution >= 4 is 11.9 Å². The summed E-state index contributed by atoms with van der Waals surface area (Å²) in [6, 6.07) is 2.86. The van der Waals surface area contributed by atoms with Gasteiger partial charge in [-0.2, -0.15) is 0 Å². The first kappa shape index (κ1) is 12.5. The van der Waals surface area contributed by atoms with Crippen molar-refractivity contribution in [2.45, 2.75) is 19.3 Å². The van der Waals surface area contributed by atoms with E-state index in [0.29, 0.717) is 11.5 Å². The molecule has 1 N–H and O–H groups in total. The highest BCUT2D eigenvalue weighted by atomic mass is 16.4. The summed E-state index contributed by atoms with van der Waals surface area (Å²) in [5.41, 5.74) is 0.384. The van der Waals surface area contributed by atoms with Gasteiger partial charge in [-0.1, -0.05) is 6.42 Å². The zero-order chi connectivity index (χ0) is 13.1. The Hall–Kier alpha value is -1.91. The average Bonchev–Trinajstić information content (AvgIpc) is 2.32. The smallest absolute Gasteiger partial charge is 0.354 e. The summed E-state index contributed by atoms with van der Waals surface area (Å²) >= 11 is 0. The van der Waals surface area contributed by atoms with E-state index in [2.05, 4.69) is 4.98 Å². The zero-order valence-electron chi connectivity index (χ0n) is 10.3. The van der Waals surface area contributed by atoms with E-state index >= 15 is 0 Å². The summed E-state index contributed by atoms with van der Waals surface area (Å²) in [7, 11) is 1.77. The van der Waals surface area contributed by atoms with E-state index in [1.807, 2.05) is 0 Å². The molecular formula is C13H16N2O3. The number of carboxylic acids is 1. The molecule has 0 aromatic carbocycles. The monoisotopic (exact) mass is 248 g/mol. The Labute approximate surface area is 105 Å². The number of carboxylic acid groups (broad SMARTS) is 1. The summed E-state index contributed by atoms with van der Waals surface area (Å²) in [5.74, 6) is -0.576. The highest BCUT2D eigenvalue weighted by molar-refractivity contribution is 5.94. The average molecular weight is 248 g/mol. The summed E-state index contributed by atoms with van der Waals surface area (Å²) < 4.78 is 0. The van der Waals surface area contributed by atoms with Gasteiger partial charge < -0.3 is 10.0 Å². The second-order valence-corrected chi connectivity index (χ2v) is 4.72. The van der Waals surface area contributed by atoms with Crippen LogP contribution in [0.5, 0.6) is 0 Å². The van der Waals surface area contributed by atoms with Crippen molar-refractivity contribution in [3.63, 3.8) is 0 Å². The van der Waals surface area contributed by atoms with Gasteiger partial charge in [-0.3, -0.25) is 4.79 Å². The van der Waals surface area contributed by atoms with Crippen LogP contribution in [0.15, 0.2) is 18.3 Å². The highest BCUT2D eigenvalue weighted by Gasteiger charge is 2.22. The summed E-state index contributed by atoms with van der Waals surface area (Å²) in [6.45, 7) is 0.763. The molecule has 0 atom stereocenters. The molecule has 1 saturated carbocycles. The summed E-state index contributed by atoms with van der Waals surface area (Å²) in [4.78, 5) is 28.1. The summed E-state index contributed by atoms with van der Waals surface area (Å²) in [5, 5.41) is 8.72. The van der Waals surface area contributed by atoms with Gasteiger partial charge in [0, 0.05) is 19.8 Å². The minimum atomic E-state index is -1.09. The Morgan fingerprint density at radius 2 is 2.17 bits per heavy atom. The largest absolute Gasteiger partial charge is 0.477 e. The Kier molecular flexibility index (Phi) is 3.60. The molecule has 1 aliphatic rings. The molecule has 1 fully saturated rings. The van der Waals surface area contributed by atoms with Gasteiger partial charge in [0.2, 0.25) is 0 Å². The molecule has 1 amide bonds. The number of rotatable bonds is 4. The normalized spacial score (nSPS) is 14.9. The van der Waals surface area contributed by atoms with Gasteiger partial charge in [0.25, 0.3) is 5.91 Å². The van der Waals surface area contributed by atoms with Gasteiger partial charge in [0.15, 0.2) is 0 Å². The quantitative estimate of drug-likeness (QED) is 0.879. The Balaban J connectivity index is 2.00. The van der Waals surface area contributed by atoms with Gasteiger partial charge in [-0.15, -0.1) is 0 Å². The SMILES string of the molecule is CN(CC1CCC1)C(=O)c1ccc(C(=O)O)nc1. The first-order chi connectivity index (χ1) is 8.58. The fourth-order valence-electron chi connectivity index (χ4n) is 2.01. The van der Waals surface area contributed by atoms with Gasteiger partial charge in [0.05, 0.1) is 5.56 Å². The van der Waals surface area contributed by atoms with Crippen LogP contribution in [0.4, 0.5) is 0 Å². The molecule has 0 bridgehead atoms. The van der Waals surface area contributed by atoms with Gasteiger partial charge in [-0.05, 0) is 30.9 Å². The van der Waals surface area contributed by atoms with Crippen molar-refractivity contribution in [2.75, 3.05) is 13.6 Å². The van der Waals surface area contributed by atoms with E-state index in [-0.39, 0.29) is 11.6 Å². The highest BCUT2D eigenvalue weighted by Crippen LogP contribution is 2.27. The molecule has 1 heterocycles. The molecule has 96 valence electrons. The van der Waals surface area contributed by atoms with Crippen LogP contribution in [0.3, 0.4) is 0 Å². The van der Waals surface area contributed by atoms with Crippen molar-refractivity contribution < 1.29 is 14.7 Å². The van der Waals surface area contributed by atoms with E-state index in [9.17, 15) is 9.59 Å². The van der Waals surface area contributed by atoms with Crippen LogP contribution in [0.2, 0.25) is 0 Å². The van der Waals surface area contributed by atoms with Crippen LogP contribution in [0.1, 0.15) is 40.1 Å². The minimum Gasteiger partial charge on any atom is -0.477 e. The minimum absolute atomic E-state index is 0.0480. The molecule has 0 saturated heterocycles. The second-order valence-electron chi connectivity index (χ2n) is 4.72. The Bertz CT molecular complexity index is 452. The third-order valence-corrected chi connectivity index (χ3v) is 3.33. The molecule has 0 radical (unpaired) electrons. The third kappa shape index (κ3) is 2.67. The van der Waals surface area contributed by atoms with Crippen molar-refractivity contribution in [1.82, 2.24) is 9.88 Å². The molecular weight excluding hydrogens is 232 g/mol. The lowest BCUT2D eigenvalue weighted by Gasteiger charge is -2.30. The van der Waals surface area contributed by atoms with Crippen LogP contribution < -0.4 is 0 Å². The van der Waals surface area contributed by atoms with Crippen LogP contribution >= 0.6 is 0 Å². The van der Waals surface area contributed by atoms with Gasteiger partial charge in [0.1, 0.15) is 5.69 Å². The molecule has 0 unspecified atom stereocenters. The topological polar surface area (TPSA) is 70.5 Å². The number of nitrogens with zero attached hydrogens (tertiary/aromatic N) is 2. The fraction of sp³-hybridized carbons (Fsp3) is 0.462. The molecule has 1 aromatic heterocycles. The van der Waals surface area contributed by atoms with Crippen molar-refractivity contribution in [2.24, 2.45) is 5.92 Å². The lowest BCUT2D eigenvalue weighted by atomic mass is 9.85. The predicted octanol–water partition coefficient (Wildman–Crippen LogP) is 1.65. The van der Waals surface area contributed by atoms with Gasteiger partial charge >= 0.3 is 5.97 Å². The maximum absolute atomic E-state index is 12.0. The molecule has 1 aromatic rings. The number of hydrogen-bond donors (Lipinski definition) is 1. The summed E-state index contributed by atoms with van der Waals surface area (Å²) in [6.07, 6.45) is 4.95. The lowest BCUT2D eigenvalue weighted by Crippen LogP contribution is -2.34. The standard InChI is InChI=1S/C13H16N2O3/c1-15(8-9-3-2-4-9)12(16)10-5-6-11(13(17)18)14-7-10/h5-7,9H,2-4,8H2,1H3,(H,17,18). The van der Waals surface area contributed by atoms with Crippen LogP contribution in [0.25, 0.3) is 0 Å². The van der Waals surface area contributed by atoms with Crippen LogP contribution in [0, 0.1) is 5.92 Å². The van der Waals surface area contributed by atoms with Crippen LogP contribution in [-0.2, 0) is 0 Å². The number of hydrogen-bond acceptors (Lipinski definition) is 3. The maximum Gasteiger partial charge on any atom is 0.354 e. The molecule has 0 spiro atoms. The molecule has 2 rings (SSSR count). The first-order valence-corrected chi connectivity index (χ1v) is 6.02. The van der Waals surface area contributed by atoms with E-state index in [4.69, 9.17) is 5.11 Å². The number of carbonyl (C=O) groups excluding carboxylic acids is 1. The van der Waals surface area contributed by atoms with Crippen molar-refractivity contribution in [1.29, 1.82) is 0 Å². The Morgan fingerprint density at radius 1 is 1.44 bits per heavy atom. The molecule has 5 heteroatoms. The number of aromatic carboxylic acids is 1. The molecule has 0 aliphatic heterocycles. The fourth-order valence-corrected chi connectivity index (χ4v) is 2.01. The van der Waals surface area contributed by atoms with Crippen molar-refractivity contribution in [3.8, 4) is 0 Å². The zero-order valence-corrected chi connectivity index (χ0v) is 10.3. The van der Waals surface area contributed by atoms with E-state index in [0.717, 1.165) is 6.54 Å². The predicted molar refractivity (Wildman–Crippen MR) is 65.5 cm³/mol. The van der Waals surface area contributed by atoms with Gasteiger partial charge in [-0.25, -0.2) is 9.78 Å². The maximum atomic E-state index is 12.0. The first-order valence-electron chi connectivity index (χ1n) is 6.02. The van der Waals surface area contributed by atoms with Crippen LogP contribution in [-0.4, -0.2) is 40.5 Å². The van der Waals surface area contributed by atoms with E-state index in [1.165, 1.54) is 37.6 Å². The molecule has 18 heavy (non-hydrogen) atoms. The number of carbonyl (C=O) groups is 2. The lowest BCUT2D eigenvalue weighted by molar-refractivity contribution is 0.0687. The third-order valence-electron chi connectivity index (χ3n) is 3.33.